The summed E-state index contributed by atoms with van der Waals surface area (Å²) in [7, 11) is 1.20. The summed E-state index contributed by atoms with van der Waals surface area (Å²) >= 11 is 5.68. The Kier molecular flexibility index (Phi) is 5.66. The fourth-order valence-corrected chi connectivity index (χ4v) is 1.86. The molecule has 1 rings (SSSR count). The van der Waals surface area contributed by atoms with E-state index in [1.54, 1.807) is 13.8 Å². The maximum Gasteiger partial charge on any atom is 0.328 e. The molecule has 0 fully saturated rings. The number of nitrogens with one attached hydrogen (secondary N) is 1. The number of ether oxygens (including phenoxy) is 1. The van der Waals surface area contributed by atoms with Gasteiger partial charge in [0.25, 0.3) is 11.6 Å². The van der Waals surface area contributed by atoms with Crippen LogP contribution in [0.5, 0.6) is 0 Å². The maximum atomic E-state index is 12.2. The average Bonchev–Trinajstić information content (AvgIpc) is 2.43. The van der Waals surface area contributed by atoms with Crippen LogP contribution in [0.4, 0.5) is 5.69 Å². The van der Waals surface area contributed by atoms with Crippen molar-refractivity contribution in [2.24, 2.45) is 5.92 Å². The van der Waals surface area contributed by atoms with Crippen LogP contribution in [0.3, 0.4) is 0 Å². The summed E-state index contributed by atoms with van der Waals surface area (Å²) in [5, 5.41) is 13.5. The lowest BCUT2D eigenvalue weighted by Gasteiger charge is -2.19. The number of nitro benzene ring substituents is 1. The van der Waals surface area contributed by atoms with Gasteiger partial charge in [0.05, 0.1) is 12.0 Å². The van der Waals surface area contributed by atoms with Crippen LogP contribution in [0.2, 0.25) is 5.02 Å². The van der Waals surface area contributed by atoms with E-state index in [9.17, 15) is 19.7 Å². The monoisotopic (exact) mass is 314 g/mol. The number of rotatable bonds is 5. The van der Waals surface area contributed by atoms with Gasteiger partial charge in [-0.05, 0) is 18.1 Å². The first-order valence-corrected chi connectivity index (χ1v) is 6.48. The highest BCUT2D eigenvalue weighted by molar-refractivity contribution is 6.31. The highest BCUT2D eigenvalue weighted by Gasteiger charge is 2.28. The highest BCUT2D eigenvalue weighted by atomic mass is 35.5. The molecule has 1 atom stereocenters. The Morgan fingerprint density at radius 1 is 1.38 bits per heavy atom. The number of amides is 1. The lowest BCUT2D eigenvalue weighted by Crippen LogP contribution is -2.45. The molecule has 0 saturated carbocycles. The van der Waals surface area contributed by atoms with E-state index in [0.29, 0.717) is 0 Å². The largest absolute Gasteiger partial charge is 0.467 e. The molecule has 0 radical (unpaired) electrons. The highest BCUT2D eigenvalue weighted by Crippen LogP contribution is 2.23. The molecule has 1 amide bonds. The number of benzene rings is 1. The smallest absolute Gasteiger partial charge is 0.328 e. The van der Waals surface area contributed by atoms with Gasteiger partial charge < -0.3 is 10.1 Å². The molecule has 0 spiro atoms. The molecule has 21 heavy (non-hydrogen) atoms. The minimum Gasteiger partial charge on any atom is -0.467 e. The maximum absolute atomic E-state index is 12.2. The standard InChI is InChI=1S/C13H15ClN2O5/c1-7(2)11(13(18)21-3)15-12(17)9-5-4-8(14)6-10(9)16(19)20/h4-7,11H,1-3H3,(H,15,17). The number of esters is 1. The number of nitrogens with zero attached hydrogens (tertiary/aromatic N) is 1. The van der Waals surface area contributed by atoms with Gasteiger partial charge in [0.2, 0.25) is 0 Å². The first-order valence-electron chi connectivity index (χ1n) is 6.10. The van der Waals surface area contributed by atoms with Crippen molar-refractivity contribution >= 4 is 29.2 Å². The van der Waals surface area contributed by atoms with E-state index < -0.39 is 28.5 Å². The molecule has 1 N–H and O–H groups in total. The number of nitro groups is 1. The van der Waals surface area contributed by atoms with Crippen LogP contribution < -0.4 is 5.32 Å². The van der Waals surface area contributed by atoms with E-state index in [-0.39, 0.29) is 16.5 Å². The SMILES string of the molecule is COC(=O)C(NC(=O)c1ccc(Cl)cc1[N+](=O)[O-])C(C)C. The molecule has 0 saturated heterocycles. The zero-order chi connectivity index (χ0) is 16.2. The molecule has 0 aliphatic heterocycles. The average molecular weight is 315 g/mol. The van der Waals surface area contributed by atoms with Gasteiger partial charge in [0, 0.05) is 11.1 Å². The Hall–Kier alpha value is -2.15. The summed E-state index contributed by atoms with van der Waals surface area (Å²) in [6, 6.07) is 2.80. The fourth-order valence-electron chi connectivity index (χ4n) is 1.69. The van der Waals surface area contributed by atoms with Crippen LogP contribution in [0.25, 0.3) is 0 Å². The van der Waals surface area contributed by atoms with Gasteiger partial charge in [-0.2, -0.15) is 0 Å². The number of methoxy groups -OCH3 is 1. The van der Waals surface area contributed by atoms with Gasteiger partial charge in [-0.25, -0.2) is 4.79 Å². The molecule has 1 aromatic carbocycles. The van der Waals surface area contributed by atoms with E-state index >= 15 is 0 Å². The first-order chi connectivity index (χ1) is 9.77. The predicted octanol–water partition coefficient (Wildman–Crippen LogP) is 2.18. The third kappa shape index (κ3) is 4.16. The van der Waals surface area contributed by atoms with Crippen LogP contribution >= 0.6 is 11.6 Å². The van der Waals surface area contributed by atoms with Gasteiger partial charge in [0.1, 0.15) is 11.6 Å². The van der Waals surface area contributed by atoms with Crippen LogP contribution in [0.1, 0.15) is 24.2 Å². The Morgan fingerprint density at radius 2 is 2.00 bits per heavy atom. The minimum atomic E-state index is -0.891. The zero-order valence-electron chi connectivity index (χ0n) is 11.8. The summed E-state index contributed by atoms with van der Waals surface area (Å²) in [4.78, 5) is 34.0. The van der Waals surface area contributed by atoms with E-state index in [0.717, 1.165) is 6.07 Å². The second-order valence-electron chi connectivity index (χ2n) is 4.64. The zero-order valence-corrected chi connectivity index (χ0v) is 12.5. The van der Waals surface area contributed by atoms with Crippen LogP contribution in [0, 0.1) is 16.0 Å². The quantitative estimate of drug-likeness (QED) is 0.510. The topological polar surface area (TPSA) is 98.5 Å². The Morgan fingerprint density at radius 3 is 2.48 bits per heavy atom. The summed E-state index contributed by atoms with van der Waals surface area (Å²) < 4.78 is 4.60. The van der Waals surface area contributed by atoms with Crippen molar-refractivity contribution in [1.29, 1.82) is 0 Å². The van der Waals surface area contributed by atoms with Crippen LogP contribution in [0.15, 0.2) is 18.2 Å². The molecule has 1 unspecified atom stereocenters. The molecule has 0 heterocycles. The van der Waals surface area contributed by atoms with E-state index in [1.807, 2.05) is 0 Å². The number of halogens is 1. The van der Waals surface area contributed by atoms with Crippen LogP contribution in [-0.4, -0.2) is 30.0 Å². The molecular weight excluding hydrogens is 300 g/mol. The minimum absolute atomic E-state index is 0.145. The van der Waals surface area contributed by atoms with Crippen molar-refractivity contribution in [3.05, 3.63) is 38.9 Å². The molecular formula is C13H15ClN2O5. The summed E-state index contributed by atoms with van der Waals surface area (Å²) in [6.07, 6.45) is 0. The van der Waals surface area contributed by atoms with Crippen molar-refractivity contribution in [2.75, 3.05) is 7.11 Å². The summed E-state index contributed by atoms with van der Waals surface area (Å²) in [5.41, 5.74) is -0.591. The van der Waals surface area contributed by atoms with Crippen molar-refractivity contribution in [3.63, 3.8) is 0 Å². The molecule has 0 bridgehead atoms. The molecule has 8 heteroatoms. The van der Waals surface area contributed by atoms with Gasteiger partial charge in [-0.1, -0.05) is 25.4 Å². The first kappa shape index (κ1) is 16.9. The van der Waals surface area contributed by atoms with Crippen LogP contribution in [-0.2, 0) is 9.53 Å². The molecule has 7 nitrogen and oxygen atoms in total. The van der Waals surface area contributed by atoms with E-state index in [2.05, 4.69) is 10.1 Å². The fraction of sp³-hybridized carbons (Fsp3) is 0.385. The van der Waals surface area contributed by atoms with Crippen molar-refractivity contribution in [3.8, 4) is 0 Å². The second kappa shape index (κ2) is 7.03. The third-order valence-corrected chi connectivity index (χ3v) is 3.04. The molecule has 0 aliphatic rings. The normalized spacial score (nSPS) is 11.9. The Balaban J connectivity index is 3.08. The third-order valence-electron chi connectivity index (χ3n) is 2.81. The Bertz CT molecular complexity index is 574. The van der Waals surface area contributed by atoms with Gasteiger partial charge in [-0.3, -0.25) is 14.9 Å². The summed E-state index contributed by atoms with van der Waals surface area (Å²) in [5.74, 6) is -1.58. The van der Waals surface area contributed by atoms with Crippen molar-refractivity contribution < 1.29 is 19.2 Å². The predicted molar refractivity (Wildman–Crippen MR) is 76.2 cm³/mol. The number of hydrogen-bond donors (Lipinski definition) is 1. The number of carbonyl (C=O) groups excluding carboxylic acids is 2. The van der Waals surface area contributed by atoms with E-state index in [1.165, 1.54) is 19.2 Å². The number of hydrogen-bond acceptors (Lipinski definition) is 5. The van der Waals surface area contributed by atoms with Gasteiger partial charge >= 0.3 is 5.97 Å². The molecule has 114 valence electrons. The molecule has 1 aromatic rings. The van der Waals surface area contributed by atoms with Crippen molar-refractivity contribution in [1.82, 2.24) is 5.32 Å². The second-order valence-corrected chi connectivity index (χ2v) is 5.07. The van der Waals surface area contributed by atoms with Gasteiger partial charge in [-0.15, -0.1) is 0 Å². The molecule has 0 aliphatic carbocycles. The summed E-state index contributed by atoms with van der Waals surface area (Å²) in [6.45, 7) is 3.44. The van der Waals surface area contributed by atoms with Gasteiger partial charge in [0.15, 0.2) is 0 Å². The lowest BCUT2D eigenvalue weighted by molar-refractivity contribution is -0.385. The van der Waals surface area contributed by atoms with Crippen molar-refractivity contribution in [2.45, 2.75) is 19.9 Å². The lowest BCUT2D eigenvalue weighted by atomic mass is 10.0. The number of carbonyl (C=O) groups is 2. The van der Waals surface area contributed by atoms with E-state index in [4.69, 9.17) is 11.6 Å². The Labute approximate surface area is 126 Å². The molecule has 0 aromatic heterocycles.